The van der Waals surface area contributed by atoms with Crippen LogP contribution in [0.5, 0.6) is 5.75 Å². The number of hydrogen-bond donors (Lipinski definition) is 5. The monoisotopic (exact) mass is 444 g/mol. The Kier molecular flexibility index (Phi) is 9.65. The smallest absolute Gasteiger partial charge is 0.326 e. The van der Waals surface area contributed by atoms with E-state index in [4.69, 9.17) is 9.84 Å². The van der Waals surface area contributed by atoms with Crippen molar-refractivity contribution >= 4 is 17.8 Å². The zero-order valence-corrected chi connectivity index (χ0v) is 17.7. The molecule has 0 aliphatic rings. The highest BCUT2D eigenvalue weighted by atomic mass is 16.5. The molecule has 3 unspecified atom stereocenters. The van der Waals surface area contributed by atoms with Crippen molar-refractivity contribution in [1.29, 1.82) is 0 Å². The number of hydrogen-bond acceptors (Lipinski definition) is 6. The lowest BCUT2D eigenvalue weighted by atomic mass is 10.0. The number of phenolic OH excluding ortho intramolecular Hbond substituents is 1. The van der Waals surface area contributed by atoms with Gasteiger partial charge in [-0.3, -0.25) is 14.9 Å². The molecule has 0 saturated carbocycles. The molecule has 0 aliphatic heterocycles. The third-order valence-corrected chi connectivity index (χ3v) is 4.73. The number of carbonyl (C=O) groups is 3. The number of carboxylic acid groups (broad SMARTS) is 2. The van der Waals surface area contributed by atoms with Gasteiger partial charge in [-0.1, -0.05) is 42.5 Å². The highest BCUT2D eigenvalue weighted by Crippen LogP contribution is 2.12. The first-order valence-corrected chi connectivity index (χ1v) is 10.2. The molecule has 0 heterocycles. The van der Waals surface area contributed by atoms with Crippen LogP contribution in [-0.2, 0) is 32.1 Å². The molecule has 172 valence electrons. The van der Waals surface area contributed by atoms with Crippen molar-refractivity contribution in [2.24, 2.45) is 0 Å². The number of aliphatic carboxylic acids is 2. The number of amides is 1. The maximum atomic E-state index is 12.8. The molecule has 2 rings (SSSR count). The van der Waals surface area contributed by atoms with Crippen LogP contribution in [0.1, 0.15) is 30.9 Å². The summed E-state index contributed by atoms with van der Waals surface area (Å²) in [6, 6.07) is 13.2. The molecular weight excluding hydrogens is 416 g/mol. The van der Waals surface area contributed by atoms with Crippen LogP contribution in [0.2, 0.25) is 0 Å². The Balaban J connectivity index is 2.00. The molecule has 9 heteroatoms. The van der Waals surface area contributed by atoms with Crippen molar-refractivity contribution in [1.82, 2.24) is 10.6 Å². The van der Waals surface area contributed by atoms with Gasteiger partial charge in [-0.05, 0) is 36.6 Å². The second-order valence-electron chi connectivity index (χ2n) is 7.36. The molecule has 3 atom stereocenters. The minimum absolute atomic E-state index is 0.00701. The predicted octanol–water partition coefficient (Wildman–Crippen LogP) is 1.89. The highest BCUT2D eigenvalue weighted by Gasteiger charge is 2.27. The zero-order chi connectivity index (χ0) is 23.5. The van der Waals surface area contributed by atoms with Crippen LogP contribution in [0.3, 0.4) is 0 Å². The first-order chi connectivity index (χ1) is 15.2. The average Bonchev–Trinajstić information content (AvgIpc) is 2.76. The molecule has 0 bridgehead atoms. The van der Waals surface area contributed by atoms with E-state index in [-0.39, 0.29) is 25.0 Å². The van der Waals surface area contributed by atoms with Gasteiger partial charge in [-0.25, -0.2) is 4.79 Å². The SMILES string of the molecule is CC(NC(CCC(=O)O)C(=O)NC(Cc1ccc(O)cc1)C(=O)O)OCc1ccccc1. The summed E-state index contributed by atoms with van der Waals surface area (Å²) in [5.41, 5.74) is 1.55. The van der Waals surface area contributed by atoms with E-state index in [9.17, 15) is 24.6 Å². The van der Waals surface area contributed by atoms with Gasteiger partial charge in [0.25, 0.3) is 0 Å². The van der Waals surface area contributed by atoms with Gasteiger partial charge in [-0.2, -0.15) is 0 Å². The summed E-state index contributed by atoms with van der Waals surface area (Å²) in [7, 11) is 0. The van der Waals surface area contributed by atoms with Crippen molar-refractivity contribution in [3.05, 3.63) is 65.7 Å². The van der Waals surface area contributed by atoms with Gasteiger partial charge in [0.2, 0.25) is 5.91 Å². The highest BCUT2D eigenvalue weighted by molar-refractivity contribution is 5.87. The van der Waals surface area contributed by atoms with E-state index < -0.39 is 36.2 Å². The third kappa shape index (κ3) is 8.75. The Morgan fingerprint density at radius 3 is 2.19 bits per heavy atom. The number of ether oxygens (including phenoxy) is 1. The Hall–Kier alpha value is -3.43. The fourth-order valence-electron chi connectivity index (χ4n) is 3.02. The number of benzene rings is 2. The fraction of sp³-hybridized carbons (Fsp3) is 0.348. The standard InChI is InChI=1S/C23H28N2O7/c1-15(32-14-17-5-3-2-4-6-17)24-19(11-12-21(27)28)22(29)25-20(23(30)31)13-16-7-9-18(26)10-8-16/h2-10,15,19-20,24,26H,11-14H2,1H3,(H,25,29)(H,27,28)(H,30,31). The van der Waals surface area contributed by atoms with E-state index in [2.05, 4.69) is 10.6 Å². The van der Waals surface area contributed by atoms with Crippen LogP contribution < -0.4 is 10.6 Å². The van der Waals surface area contributed by atoms with E-state index in [1.165, 1.54) is 12.1 Å². The van der Waals surface area contributed by atoms with Gasteiger partial charge < -0.3 is 25.4 Å². The van der Waals surface area contributed by atoms with Gasteiger partial charge in [0, 0.05) is 12.8 Å². The summed E-state index contributed by atoms with van der Waals surface area (Å²) in [5.74, 6) is -2.88. The maximum Gasteiger partial charge on any atom is 0.326 e. The van der Waals surface area contributed by atoms with E-state index in [1.807, 2.05) is 30.3 Å². The lowest BCUT2D eigenvalue weighted by Crippen LogP contribution is -2.53. The second-order valence-corrected chi connectivity index (χ2v) is 7.36. The fourth-order valence-corrected chi connectivity index (χ4v) is 3.02. The van der Waals surface area contributed by atoms with Gasteiger partial charge in [-0.15, -0.1) is 0 Å². The van der Waals surface area contributed by atoms with Crippen LogP contribution in [0, 0.1) is 0 Å². The molecule has 0 fully saturated rings. The molecule has 9 nitrogen and oxygen atoms in total. The van der Waals surface area contributed by atoms with E-state index in [1.54, 1.807) is 19.1 Å². The number of carboxylic acids is 2. The Morgan fingerprint density at radius 2 is 1.59 bits per heavy atom. The topological polar surface area (TPSA) is 145 Å². The lowest BCUT2D eigenvalue weighted by molar-refractivity contribution is -0.143. The van der Waals surface area contributed by atoms with Crippen molar-refractivity contribution in [3.8, 4) is 5.75 Å². The first-order valence-electron chi connectivity index (χ1n) is 10.2. The normalized spacial score (nSPS) is 13.7. The van der Waals surface area contributed by atoms with Crippen molar-refractivity contribution in [2.75, 3.05) is 0 Å². The predicted molar refractivity (Wildman–Crippen MR) is 116 cm³/mol. The summed E-state index contributed by atoms with van der Waals surface area (Å²) in [5, 5.41) is 33.3. The molecule has 0 radical (unpaired) electrons. The van der Waals surface area contributed by atoms with Crippen LogP contribution in [0.15, 0.2) is 54.6 Å². The number of phenols is 1. The van der Waals surface area contributed by atoms with Gasteiger partial charge in [0.1, 0.15) is 18.0 Å². The maximum absolute atomic E-state index is 12.8. The molecule has 5 N–H and O–H groups in total. The Labute approximate surface area is 186 Å². The van der Waals surface area contributed by atoms with Crippen molar-refractivity contribution < 1.29 is 34.4 Å². The van der Waals surface area contributed by atoms with Gasteiger partial charge >= 0.3 is 11.9 Å². The van der Waals surface area contributed by atoms with E-state index in [0.29, 0.717) is 12.2 Å². The van der Waals surface area contributed by atoms with Gasteiger partial charge in [0.05, 0.1) is 12.6 Å². The minimum atomic E-state index is -1.23. The molecule has 2 aromatic rings. The van der Waals surface area contributed by atoms with E-state index in [0.717, 1.165) is 5.56 Å². The molecular formula is C23H28N2O7. The Bertz CT molecular complexity index is 887. The molecule has 0 aromatic heterocycles. The average molecular weight is 444 g/mol. The quantitative estimate of drug-likeness (QED) is 0.295. The van der Waals surface area contributed by atoms with Crippen LogP contribution >= 0.6 is 0 Å². The van der Waals surface area contributed by atoms with E-state index >= 15 is 0 Å². The van der Waals surface area contributed by atoms with Crippen LogP contribution in [0.25, 0.3) is 0 Å². The first kappa shape index (κ1) is 24.8. The molecule has 0 aliphatic carbocycles. The zero-order valence-electron chi connectivity index (χ0n) is 17.7. The summed E-state index contributed by atoms with van der Waals surface area (Å²) in [6.07, 6.45) is -0.884. The van der Waals surface area contributed by atoms with Gasteiger partial charge in [0.15, 0.2) is 0 Å². The lowest BCUT2D eigenvalue weighted by Gasteiger charge is -2.24. The number of aromatic hydroxyl groups is 1. The van der Waals surface area contributed by atoms with Crippen molar-refractivity contribution in [3.63, 3.8) is 0 Å². The summed E-state index contributed by atoms with van der Waals surface area (Å²) in [6.45, 7) is 1.98. The number of rotatable bonds is 13. The summed E-state index contributed by atoms with van der Waals surface area (Å²) < 4.78 is 5.70. The molecule has 1 amide bonds. The van der Waals surface area contributed by atoms with Crippen LogP contribution in [0.4, 0.5) is 0 Å². The number of carbonyl (C=O) groups excluding carboxylic acids is 1. The minimum Gasteiger partial charge on any atom is -0.508 e. The van der Waals surface area contributed by atoms with Crippen LogP contribution in [-0.4, -0.2) is 51.5 Å². The molecule has 0 spiro atoms. The summed E-state index contributed by atoms with van der Waals surface area (Å²) >= 11 is 0. The summed E-state index contributed by atoms with van der Waals surface area (Å²) in [4.78, 5) is 35.5. The number of nitrogens with one attached hydrogen (secondary N) is 2. The second kappa shape index (κ2) is 12.4. The molecule has 0 saturated heterocycles. The van der Waals surface area contributed by atoms with Crippen molar-refractivity contribution in [2.45, 2.75) is 51.1 Å². The molecule has 32 heavy (non-hydrogen) atoms. The molecule has 2 aromatic carbocycles. The third-order valence-electron chi connectivity index (χ3n) is 4.73. The Morgan fingerprint density at radius 1 is 0.938 bits per heavy atom. The largest absolute Gasteiger partial charge is 0.508 e.